The fraction of sp³-hybridized carbons (Fsp3) is 0.800. The van der Waals surface area contributed by atoms with Crippen LogP contribution < -0.4 is 22.9 Å². The van der Waals surface area contributed by atoms with E-state index in [1.807, 2.05) is 0 Å². The van der Waals surface area contributed by atoms with E-state index in [0.29, 0.717) is 26.2 Å². The molecular weight excluding hydrogens is 257 g/mol. The molecule has 0 aliphatic heterocycles. The van der Waals surface area contributed by atoms with Crippen molar-refractivity contribution in [1.82, 2.24) is 0 Å². The molecule has 0 radical (unpaired) electrons. The van der Waals surface area contributed by atoms with Crippen LogP contribution in [0.3, 0.4) is 0 Å². The topological polar surface area (TPSA) is 128 Å². The molecule has 0 heterocycles. The van der Waals surface area contributed by atoms with Gasteiger partial charge in [0, 0.05) is 26.2 Å². The first-order chi connectivity index (χ1) is 6.24. The van der Waals surface area contributed by atoms with Gasteiger partial charge in [-0.2, -0.15) is 0 Å². The fourth-order valence-electron chi connectivity index (χ4n) is 0. The molecule has 0 atom stereocenters. The molecule has 0 amide bonds. The molecular formula is C5H16ClCoN5S+. The zero-order valence-electron chi connectivity index (χ0n) is 7.20. The molecule has 5 nitrogen and oxygen atoms in total. The van der Waals surface area contributed by atoms with Crippen LogP contribution in [0.5, 0.6) is 0 Å². The first-order valence-corrected chi connectivity index (χ1v) is 5.03. The Morgan fingerprint density at radius 2 is 1.08 bits per heavy atom. The van der Waals surface area contributed by atoms with Gasteiger partial charge in [-0.15, -0.1) is 0 Å². The molecule has 0 saturated heterocycles. The summed E-state index contributed by atoms with van der Waals surface area (Å²) in [6, 6.07) is 0. The predicted octanol–water partition coefficient (Wildman–Crippen LogP) is -1.49. The third-order valence-electron chi connectivity index (χ3n) is 0.333. The Hall–Kier alpha value is 0.346. The van der Waals surface area contributed by atoms with Crippen molar-refractivity contribution in [2.24, 2.45) is 22.9 Å². The Labute approximate surface area is 97.4 Å². The van der Waals surface area contributed by atoms with Crippen LogP contribution in [0.25, 0.3) is 0 Å². The zero-order chi connectivity index (χ0) is 11.5. The Balaban J connectivity index is -0.0000000431. The molecule has 0 aliphatic rings. The van der Waals surface area contributed by atoms with Crippen molar-refractivity contribution in [3.05, 3.63) is 0 Å². The standard InChI is InChI=1S/2C2H8N2.CHNS.ClH.Co/c2*3-1-2-4;2-1-3;;/h2*1-4H2;3H;1H;/q;;;;+3/p-2. The van der Waals surface area contributed by atoms with Gasteiger partial charge in [-0.25, -0.2) is 5.26 Å². The molecule has 8 heteroatoms. The SMILES string of the molecule is N#C[S-].NCCN.NCCN.[Cl][Co+2]. The molecule has 0 aliphatic carbocycles. The van der Waals surface area contributed by atoms with Crippen molar-refractivity contribution in [3.63, 3.8) is 0 Å². The summed E-state index contributed by atoms with van der Waals surface area (Å²) in [5, 5.41) is 8.47. The van der Waals surface area contributed by atoms with Gasteiger partial charge in [0.15, 0.2) is 0 Å². The summed E-state index contributed by atoms with van der Waals surface area (Å²) >= 11 is 6.73. The summed E-state index contributed by atoms with van der Waals surface area (Å²) in [6.07, 6.45) is 0. The van der Waals surface area contributed by atoms with Crippen molar-refractivity contribution in [3.8, 4) is 5.40 Å². The third-order valence-corrected chi connectivity index (χ3v) is 0.333. The first-order valence-electron chi connectivity index (χ1n) is 3.19. The number of hydrogen-bond acceptors (Lipinski definition) is 6. The third kappa shape index (κ3) is 240. The number of halogens is 1. The van der Waals surface area contributed by atoms with E-state index in [4.69, 9.17) is 28.2 Å². The van der Waals surface area contributed by atoms with Crippen molar-refractivity contribution >= 4 is 22.8 Å². The van der Waals surface area contributed by atoms with E-state index in [1.54, 1.807) is 0 Å². The zero-order valence-corrected chi connectivity index (χ0v) is 9.82. The molecule has 0 fully saturated rings. The number of nitrogens with zero attached hydrogens (tertiary/aromatic N) is 1. The molecule has 13 heavy (non-hydrogen) atoms. The van der Waals surface area contributed by atoms with Gasteiger partial charge < -0.3 is 35.6 Å². The Morgan fingerprint density at radius 1 is 1.00 bits per heavy atom. The van der Waals surface area contributed by atoms with Gasteiger partial charge in [0.05, 0.1) is 0 Å². The van der Waals surface area contributed by atoms with Crippen LogP contribution in [-0.4, -0.2) is 26.2 Å². The molecule has 0 bridgehead atoms. The van der Waals surface area contributed by atoms with Crippen molar-refractivity contribution in [2.75, 3.05) is 26.2 Å². The second-order valence-corrected chi connectivity index (χ2v) is 1.43. The number of nitrogens with two attached hydrogens (primary N) is 4. The normalized spacial score (nSPS) is 5.62. The van der Waals surface area contributed by atoms with Gasteiger partial charge in [-0.1, -0.05) is 5.40 Å². The van der Waals surface area contributed by atoms with Crippen LogP contribution in [-0.2, 0) is 27.5 Å². The van der Waals surface area contributed by atoms with Crippen LogP contribution >= 0.6 is 10.1 Å². The molecule has 82 valence electrons. The van der Waals surface area contributed by atoms with Crippen LogP contribution in [0.2, 0.25) is 0 Å². The minimum atomic E-state index is 0.597. The van der Waals surface area contributed by atoms with E-state index in [9.17, 15) is 0 Å². The van der Waals surface area contributed by atoms with Crippen LogP contribution in [0.4, 0.5) is 0 Å². The number of nitriles is 1. The van der Waals surface area contributed by atoms with E-state index < -0.39 is 0 Å². The molecule has 0 saturated carbocycles. The predicted molar refractivity (Wildman–Crippen MR) is 55.0 cm³/mol. The quantitative estimate of drug-likeness (QED) is 0.358. The van der Waals surface area contributed by atoms with Crippen molar-refractivity contribution < 1.29 is 14.8 Å². The second-order valence-electron chi connectivity index (χ2n) is 1.25. The first kappa shape index (κ1) is 23.3. The molecule has 8 N–H and O–H groups in total. The average molecular weight is 273 g/mol. The number of thiocyanates is 1. The van der Waals surface area contributed by atoms with Crippen molar-refractivity contribution in [1.29, 1.82) is 5.26 Å². The maximum absolute atomic E-state index is 7.13. The monoisotopic (exact) mass is 272 g/mol. The Kier molecular flexibility index (Phi) is 99.6. The summed E-state index contributed by atoms with van der Waals surface area (Å²) in [5.74, 6) is 0. The summed E-state index contributed by atoms with van der Waals surface area (Å²) in [4.78, 5) is 0. The van der Waals surface area contributed by atoms with Crippen molar-refractivity contribution in [2.45, 2.75) is 0 Å². The van der Waals surface area contributed by atoms with Gasteiger partial charge >= 0.3 is 25.0 Å². The summed E-state index contributed by atoms with van der Waals surface area (Å²) < 4.78 is 0. The van der Waals surface area contributed by atoms with Crippen LogP contribution in [0, 0.1) is 10.7 Å². The van der Waals surface area contributed by atoms with E-state index in [0.717, 1.165) is 0 Å². The molecule has 0 aromatic heterocycles. The van der Waals surface area contributed by atoms with Gasteiger partial charge in [0.2, 0.25) is 0 Å². The van der Waals surface area contributed by atoms with Gasteiger partial charge in [-0.3, -0.25) is 0 Å². The Morgan fingerprint density at radius 3 is 1.08 bits per heavy atom. The minimum absolute atomic E-state index is 0.597. The average Bonchev–Trinajstić information content (AvgIpc) is 2.22. The van der Waals surface area contributed by atoms with Crippen LogP contribution in [0.1, 0.15) is 0 Å². The van der Waals surface area contributed by atoms with Gasteiger partial charge in [-0.05, 0) is 0 Å². The van der Waals surface area contributed by atoms with E-state index in [-0.39, 0.29) is 0 Å². The second kappa shape index (κ2) is 55.6. The van der Waals surface area contributed by atoms with Crippen LogP contribution in [0.15, 0.2) is 0 Å². The summed E-state index contributed by atoms with van der Waals surface area (Å²) in [5.41, 5.74) is 19.6. The summed E-state index contributed by atoms with van der Waals surface area (Å²) in [6.45, 7) is 2.39. The van der Waals surface area contributed by atoms with E-state index >= 15 is 0 Å². The Bertz CT molecular complexity index is 73.8. The van der Waals surface area contributed by atoms with E-state index in [1.165, 1.54) is 5.40 Å². The van der Waals surface area contributed by atoms with E-state index in [2.05, 4.69) is 37.6 Å². The number of rotatable bonds is 2. The summed E-state index contributed by atoms with van der Waals surface area (Å²) in [7, 11) is 4.33. The van der Waals surface area contributed by atoms with Gasteiger partial charge in [0.1, 0.15) is 0 Å². The fourth-order valence-corrected chi connectivity index (χ4v) is 0. The molecule has 0 spiro atoms. The maximum atomic E-state index is 7.13. The van der Waals surface area contributed by atoms with Gasteiger partial charge in [0.25, 0.3) is 0 Å². The molecule has 0 unspecified atom stereocenters. The molecule has 0 rings (SSSR count). The molecule has 0 aromatic rings. The number of hydrogen-bond donors (Lipinski definition) is 4. The molecule has 0 aromatic carbocycles.